The molecule has 1 saturated heterocycles. The maximum absolute atomic E-state index is 12.5. The molecular weight excluding hydrogens is 278 g/mol. The SMILES string of the molecule is CC(C)n1nccc1C(=O)N1CCC(CS(C)(=O)=O)C1. The zero-order chi connectivity index (χ0) is 14.9. The Bertz CT molecular complexity index is 592. The molecule has 6 nitrogen and oxygen atoms in total. The molecule has 1 unspecified atom stereocenters. The zero-order valence-corrected chi connectivity index (χ0v) is 12.9. The maximum Gasteiger partial charge on any atom is 0.272 e. The molecule has 1 amide bonds. The lowest BCUT2D eigenvalue weighted by atomic mass is 10.2. The van der Waals surface area contributed by atoms with E-state index in [2.05, 4.69) is 5.10 Å². The minimum atomic E-state index is -2.99. The third-order valence-corrected chi connectivity index (χ3v) is 4.57. The molecule has 1 fully saturated rings. The molecule has 1 aromatic rings. The molecule has 0 saturated carbocycles. The van der Waals surface area contributed by atoms with Crippen molar-refractivity contribution >= 4 is 15.7 Å². The number of carbonyl (C=O) groups excluding carboxylic acids is 1. The van der Waals surface area contributed by atoms with Crippen molar-refractivity contribution < 1.29 is 13.2 Å². The highest BCUT2D eigenvalue weighted by atomic mass is 32.2. The van der Waals surface area contributed by atoms with Crippen LogP contribution in [0.4, 0.5) is 0 Å². The molecular formula is C13H21N3O3S. The van der Waals surface area contributed by atoms with Crippen LogP contribution in [0.1, 0.15) is 36.8 Å². The molecule has 112 valence electrons. The normalized spacial score (nSPS) is 19.8. The van der Waals surface area contributed by atoms with E-state index in [4.69, 9.17) is 0 Å². The summed E-state index contributed by atoms with van der Waals surface area (Å²) in [5, 5.41) is 4.16. The van der Waals surface area contributed by atoms with E-state index < -0.39 is 9.84 Å². The quantitative estimate of drug-likeness (QED) is 0.830. The van der Waals surface area contributed by atoms with Gasteiger partial charge in [-0.2, -0.15) is 5.10 Å². The highest BCUT2D eigenvalue weighted by molar-refractivity contribution is 7.90. The van der Waals surface area contributed by atoms with Gasteiger partial charge in [-0.3, -0.25) is 9.48 Å². The summed E-state index contributed by atoms with van der Waals surface area (Å²) >= 11 is 0. The Hall–Kier alpha value is -1.37. The molecule has 0 bridgehead atoms. The highest BCUT2D eigenvalue weighted by Gasteiger charge is 2.30. The summed E-state index contributed by atoms with van der Waals surface area (Å²) in [7, 11) is -2.99. The number of likely N-dealkylation sites (tertiary alicyclic amines) is 1. The van der Waals surface area contributed by atoms with Crippen LogP contribution in [0.3, 0.4) is 0 Å². The fourth-order valence-corrected chi connectivity index (χ4v) is 3.77. The van der Waals surface area contributed by atoms with Crippen molar-refractivity contribution in [3.05, 3.63) is 18.0 Å². The van der Waals surface area contributed by atoms with E-state index in [9.17, 15) is 13.2 Å². The molecule has 1 aliphatic rings. The molecule has 1 atom stereocenters. The van der Waals surface area contributed by atoms with E-state index in [0.29, 0.717) is 18.8 Å². The lowest BCUT2D eigenvalue weighted by molar-refractivity contribution is 0.0773. The highest BCUT2D eigenvalue weighted by Crippen LogP contribution is 2.21. The second-order valence-corrected chi connectivity index (χ2v) is 7.94. The number of aromatic nitrogens is 2. The Morgan fingerprint density at radius 2 is 2.20 bits per heavy atom. The van der Waals surface area contributed by atoms with Gasteiger partial charge in [0.15, 0.2) is 0 Å². The van der Waals surface area contributed by atoms with Crippen LogP contribution in [0, 0.1) is 5.92 Å². The van der Waals surface area contributed by atoms with Crippen molar-refractivity contribution in [2.75, 3.05) is 25.1 Å². The third-order valence-electron chi connectivity index (χ3n) is 3.49. The second-order valence-electron chi connectivity index (χ2n) is 5.75. The number of rotatable bonds is 4. The van der Waals surface area contributed by atoms with Gasteiger partial charge >= 0.3 is 0 Å². The lowest BCUT2D eigenvalue weighted by Gasteiger charge is -2.18. The first-order chi connectivity index (χ1) is 9.28. The number of sulfone groups is 1. The van der Waals surface area contributed by atoms with E-state index in [-0.39, 0.29) is 23.6 Å². The number of nitrogens with zero attached hydrogens (tertiary/aromatic N) is 3. The predicted molar refractivity (Wildman–Crippen MR) is 76.3 cm³/mol. The Morgan fingerprint density at radius 3 is 2.80 bits per heavy atom. The summed E-state index contributed by atoms with van der Waals surface area (Å²) in [6, 6.07) is 1.84. The average Bonchev–Trinajstić information content (AvgIpc) is 2.93. The van der Waals surface area contributed by atoms with Gasteiger partial charge in [0.1, 0.15) is 15.5 Å². The molecule has 1 aromatic heterocycles. The summed E-state index contributed by atoms with van der Waals surface area (Å²) in [6.45, 7) is 5.07. The van der Waals surface area contributed by atoms with Crippen LogP contribution in [-0.4, -0.2) is 54.1 Å². The van der Waals surface area contributed by atoms with Gasteiger partial charge in [0, 0.05) is 31.6 Å². The minimum absolute atomic E-state index is 0.0457. The fourth-order valence-electron chi connectivity index (χ4n) is 2.64. The van der Waals surface area contributed by atoms with Gasteiger partial charge in [0.2, 0.25) is 0 Å². The van der Waals surface area contributed by atoms with Crippen LogP contribution >= 0.6 is 0 Å². The lowest BCUT2D eigenvalue weighted by Crippen LogP contribution is -2.31. The van der Waals surface area contributed by atoms with Gasteiger partial charge in [-0.25, -0.2) is 8.42 Å². The topological polar surface area (TPSA) is 72.3 Å². The van der Waals surface area contributed by atoms with Crippen LogP contribution in [0.25, 0.3) is 0 Å². The van der Waals surface area contributed by atoms with Crippen molar-refractivity contribution in [2.24, 2.45) is 5.92 Å². The van der Waals surface area contributed by atoms with Gasteiger partial charge < -0.3 is 4.90 Å². The molecule has 0 aliphatic carbocycles. The summed E-state index contributed by atoms with van der Waals surface area (Å²) in [6.07, 6.45) is 3.61. The largest absolute Gasteiger partial charge is 0.337 e. The first-order valence-corrected chi connectivity index (χ1v) is 8.84. The van der Waals surface area contributed by atoms with Crippen molar-refractivity contribution in [3.8, 4) is 0 Å². The van der Waals surface area contributed by atoms with Crippen molar-refractivity contribution in [2.45, 2.75) is 26.3 Å². The Morgan fingerprint density at radius 1 is 1.50 bits per heavy atom. The van der Waals surface area contributed by atoms with Crippen LogP contribution in [0.5, 0.6) is 0 Å². The first kappa shape index (κ1) is 15.0. The Labute approximate surface area is 119 Å². The number of amides is 1. The fraction of sp³-hybridized carbons (Fsp3) is 0.692. The van der Waals surface area contributed by atoms with Crippen LogP contribution in [-0.2, 0) is 9.84 Å². The maximum atomic E-state index is 12.5. The van der Waals surface area contributed by atoms with E-state index >= 15 is 0 Å². The molecule has 0 aromatic carbocycles. The van der Waals surface area contributed by atoms with E-state index in [1.807, 2.05) is 13.8 Å². The van der Waals surface area contributed by atoms with Gasteiger partial charge in [0.25, 0.3) is 5.91 Å². The van der Waals surface area contributed by atoms with Gasteiger partial charge in [-0.1, -0.05) is 0 Å². The second kappa shape index (κ2) is 5.55. The van der Waals surface area contributed by atoms with Crippen LogP contribution in [0.2, 0.25) is 0 Å². The molecule has 0 spiro atoms. The molecule has 0 radical (unpaired) electrons. The summed E-state index contributed by atoms with van der Waals surface area (Å²) < 4.78 is 24.3. The van der Waals surface area contributed by atoms with E-state index in [0.717, 1.165) is 6.42 Å². The van der Waals surface area contributed by atoms with Crippen LogP contribution < -0.4 is 0 Å². The summed E-state index contributed by atoms with van der Waals surface area (Å²) in [4.78, 5) is 14.2. The third kappa shape index (κ3) is 3.39. The molecule has 20 heavy (non-hydrogen) atoms. The smallest absolute Gasteiger partial charge is 0.272 e. The summed E-state index contributed by atoms with van der Waals surface area (Å²) in [5.74, 6) is 0.136. The van der Waals surface area contributed by atoms with Gasteiger partial charge in [0.05, 0.1) is 5.75 Å². The molecule has 2 rings (SSSR count). The van der Waals surface area contributed by atoms with Crippen molar-refractivity contribution in [3.63, 3.8) is 0 Å². The Kier molecular flexibility index (Phi) is 4.17. The van der Waals surface area contributed by atoms with Gasteiger partial charge in [-0.15, -0.1) is 0 Å². The summed E-state index contributed by atoms with van der Waals surface area (Å²) in [5.41, 5.74) is 0.569. The average molecular weight is 299 g/mol. The van der Waals surface area contributed by atoms with Gasteiger partial charge in [-0.05, 0) is 32.3 Å². The van der Waals surface area contributed by atoms with Crippen molar-refractivity contribution in [1.29, 1.82) is 0 Å². The standard InChI is InChI=1S/C13H21N3O3S/c1-10(2)16-12(4-6-14-16)13(17)15-7-5-11(8-15)9-20(3,18)19/h4,6,10-11H,5,7-9H2,1-3H3. The number of hydrogen-bond acceptors (Lipinski definition) is 4. The number of hydrogen-bond donors (Lipinski definition) is 0. The molecule has 1 aliphatic heterocycles. The van der Waals surface area contributed by atoms with Crippen LogP contribution in [0.15, 0.2) is 12.3 Å². The number of carbonyl (C=O) groups is 1. The van der Waals surface area contributed by atoms with E-state index in [1.165, 1.54) is 6.26 Å². The Balaban J connectivity index is 2.06. The minimum Gasteiger partial charge on any atom is -0.337 e. The molecule has 0 N–H and O–H groups in total. The monoisotopic (exact) mass is 299 g/mol. The zero-order valence-electron chi connectivity index (χ0n) is 12.1. The first-order valence-electron chi connectivity index (χ1n) is 6.78. The molecule has 7 heteroatoms. The molecule has 2 heterocycles. The van der Waals surface area contributed by atoms with Crippen molar-refractivity contribution in [1.82, 2.24) is 14.7 Å². The van der Waals surface area contributed by atoms with E-state index in [1.54, 1.807) is 21.8 Å². The predicted octanol–water partition coefficient (Wildman–Crippen LogP) is 0.971.